The van der Waals surface area contributed by atoms with Crippen molar-refractivity contribution in [3.63, 3.8) is 0 Å². The summed E-state index contributed by atoms with van der Waals surface area (Å²) in [5, 5.41) is 21.3. The first kappa shape index (κ1) is 12.2. The van der Waals surface area contributed by atoms with Crippen LogP contribution in [0.15, 0.2) is 29.4 Å². The number of hydrogen-bond acceptors (Lipinski definition) is 5. The summed E-state index contributed by atoms with van der Waals surface area (Å²) in [4.78, 5) is 10.7. The fraction of sp³-hybridized carbons (Fsp3) is 0.333. The van der Waals surface area contributed by atoms with Crippen LogP contribution in [-0.2, 0) is 5.75 Å². The van der Waals surface area contributed by atoms with Gasteiger partial charge in [-0.05, 0) is 41.0 Å². The summed E-state index contributed by atoms with van der Waals surface area (Å²) in [6, 6.07) is 7.33. The van der Waals surface area contributed by atoms with Crippen LogP contribution in [0.1, 0.15) is 34.8 Å². The van der Waals surface area contributed by atoms with E-state index < -0.39 is 5.97 Å². The SMILES string of the molecule is O=C(O)c1ccc(CSc2nnnn2C2CC2)cc1. The third-order valence-corrected chi connectivity index (χ3v) is 3.93. The van der Waals surface area contributed by atoms with Crippen LogP contribution < -0.4 is 0 Å². The number of carboxylic acid groups (broad SMARTS) is 1. The molecule has 1 aromatic carbocycles. The second-order valence-corrected chi connectivity index (χ2v) is 5.37. The van der Waals surface area contributed by atoms with Crippen LogP contribution in [0, 0.1) is 0 Å². The molecular formula is C12H12N4O2S. The summed E-state index contributed by atoms with van der Waals surface area (Å²) in [6.45, 7) is 0. The van der Waals surface area contributed by atoms with Gasteiger partial charge in [0.1, 0.15) is 0 Å². The van der Waals surface area contributed by atoms with Gasteiger partial charge in [-0.3, -0.25) is 0 Å². The Hall–Kier alpha value is -1.89. The van der Waals surface area contributed by atoms with Gasteiger partial charge in [-0.1, -0.05) is 23.9 Å². The highest BCUT2D eigenvalue weighted by molar-refractivity contribution is 7.98. The lowest BCUT2D eigenvalue weighted by molar-refractivity contribution is 0.0697. The van der Waals surface area contributed by atoms with E-state index in [0.29, 0.717) is 11.6 Å². The number of benzene rings is 1. The molecule has 6 nitrogen and oxygen atoms in total. The third-order valence-electron chi connectivity index (χ3n) is 2.92. The van der Waals surface area contributed by atoms with Crippen molar-refractivity contribution in [2.75, 3.05) is 0 Å². The second kappa shape index (κ2) is 5.00. The van der Waals surface area contributed by atoms with E-state index in [1.54, 1.807) is 23.9 Å². The van der Waals surface area contributed by atoms with Gasteiger partial charge in [0.15, 0.2) is 0 Å². The van der Waals surface area contributed by atoms with Crippen LogP contribution in [-0.4, -0.2) is 31.3 Å². The van der Waals surface area contributed by atoms with E-state index in [1.165, 1.54) is 0 Å². The van der Waals surface area contributed by atoms with Gasteiger partial charge in [0.2, 0.25) is 5.16 Å². The van der Waals surface area contributed by atoms with Gasteiger partial charge in [-0.15, -0.1) is 5.10 Å². The van der Waals surface area contributed by atoms with Crippen molar-refractivity contribution in [3.8, 4) is 0 Å². The maximum absolute atomic E-state index is 10.7. The summed E-state index contributed by atoms with van der Waals surface area (Å²) in [7, 11) is 0. The van der Waals surface area contributed by atoms with Gasteiger partial charge < -0.3 is 5.11 Å². The van der Waals surface area contributed by atoms with Gasteiger partial charge in [-0.25, -0.2) is 9.48 Å². The minimum atomic E-state index is -0.906. The summed E-state index contributed by atoms with van der Waals surface area (Å²) in [5.74, 6) is -0.177. The van der Waals surface area contributed by atoms with Crippen LogP contribution >= 0.6 is 11.8 Å². The molecule has 0 radical (unpaired) electrons. The van der Waals surface area contributed by atoms with E-state index in [0.717, 1.165) is 29.3 Å². The zero-order chi connectivity index (χ0) is 13.2. The molecule has 0 saturated heterocycles. The van der Waals surface area contributed by atoms with Gasteiger partial charge in [-0.2, -0.15) is 0 Å². The number of hydrogen-bond donors (Lipinski definition) is 1. The average molecular weight is 276 g/mol. The van der Waals surface area contributed by atoms with Crippen molar-refractivity contribution >= 4 is 17.7 Å². The number of nitrogens with zero attached hydrogens (tertiary/aromatic N) is 4. The molecule has 7 heteroatoms. The summed E-state index contributed by atoms with van der Waals surface area (Å²) >= 11 is 1.57. The molecule has 1 aromatic heterocycles. The topological polar surface area (TPSA) is 80.9 Å². The molecule has 0 unspecified atom stereocenters. The molecule has 0 bridgehead atoms. The normalized spacial score (nSPS) is 14.5. The van der Waals surface area contributed by atoms with Crippen LogP contribution in [0.2, 0.25) is 0 Å². The smallest absolute Gasteiger partial charge is 0.335 e. The van der Waals surface area contributed by atoms with E-state index in [4.69, 9.17) is 5.11 Å². The number of thioether (sulfide) groups is 1. The average Bonchev–Trinajstić information content (AvgIpc) is 3.16. The highest BCUT2D eigenvalue weighted by atomic mass is 32.2. The summed E-state index contributed by atoms with van der Waals surface area (Å²) < 4.78 is 1.87. The number of rotatable bonds is 5. The van der Waals surface area contributed by atoms with E-state index in [-0.39, 0.29) is 0 Å². The van der Waals surface area contributed by atoms with E-state index in [1.807, 2.05) is 16.8 Å². The molecule has 0 aliphatic heterocycles. The van der Waals surface area contributed by atoms with Crippen LogP contribution in [0.25, 0.3) is 0 Å². The lowest BCUT2D eigenvalue weighted by Crippen LogP contribution is -1.99. The highest BCUT2D eigenvalue weighted by Gasteiger charge is 2.27. The highest BCUT2D eigenvalue weighted by Crippen LogP contribution is 2.36. The predicted molar refractivity (Wildman–Crippen MR) is 69.1 cm³/mol. The van der Waals surface area contributed by atoms with Crippen LogP contribution in [0.3, 0.4) is 0 Å². The molecule has 0 spiro atoms. The van der Waals surface area contributed by atoms with Crippen molar-refractivity contribution in [2.24, 2.45) is 0 Å². The Bertz CT molecular complexity index is 592. The number of tetrazole rings is 1. The zero-order valence-electron chi connectivity index (χ0n) is 10.1. The maximum atomic E-state index is 10.7. The Morgan fingerprint density at radius 1 is 1.37 bits per heavy atom. The van der Waals surface area contributed by atoms with Crippen molar-refractivity contribution in [1.82, 2.24) is 20.2 Å². The van der Waals surface area contributed by atoms with Gasteiger partial charge in [0.25, 0.3) is 0 Å². The standard InChI is InChI=1S/C12H12N4O2S/c17-11(18)9-3-1-8(2-4-9)7-19-12-13-14-15-16(12)10-5-6-10/h1-4,10H,5-7H2,(H,17,18). The summed E-state index contributed by atoms with van der Waals surface area (Å²) in [6.07, 6.45) is 2.29. The largest absolute Gasteiger partial charge is 0.478 e. The summed E-state index contributed by atoms with van der Waals surface area (Å²) in [5.41, 5.74) is 1.36. The molecule has 19 heavy (non-hydrogen) atoms. The number of aromatic nitrogens is 4. The first-order valence-corrected chi connectivity index (χ1v) is 6.95. The van der Waals surface area contributed by atoms with E-state index >= 15 is 0 Å². The van der Waals surface area contributed by atoms with Gasteiger partial charge in [0.05, 0.1) is 11.6 Å². The van der Waals surface area contributed by atoms with E-state index in [9.17, 15) is 4.79 Å². The molecule has 1 aliphatic rings. The lowest BCUT2D eigenvalue weighted by atomic mass is 10.1. The Morgan fingerprint density at radius 3 is 2.74 bits per heavy atom. The van der Waals surface area contributed by atoms with Crippen LogP contribution in [0.4, 0.5) is 0 Å². The Kier molecular flexibility index (Phi) is 3.20. The molecule has 0 atom stereocenters. The fourth-order valence-corrected chi connectivity index (χ4v) is 2.62. The number of carbonyl (C=O) groups is 1. The van der Waals surface area contributed by atoms with Crippen LogP contribution in [0.5, 0.6) is 0 Å². The van der Waals surface area contributed by atoms with E-state index in [2.05, 4.69) is 15.5 Å². The monoisotopic (exact) mass is 276 g/mol. The Labute approximate surface area is 113 Å². The third kappa shape index (κ3) is 2.76. The quantitative estimate of drug-likeness (QED) is 0.841. The molecule has 1 aliphatic carbocycles. The van der Waals surface area contributed by atoms with Gasteiger partial charge >= 0.3 is 5.97 Å². The first-order chi connectivity index (χ1) is 9.24. The molecule has 1 heterocycles. The van der Waals surface area contributed by atoms with Gasteiger partial charge in [0, 0.05) is 5.75 Å². The molecule has 1 N–H and O–H groups in total. The molecule has 1 fully saturated rings. The molecule has 98 valence electrons. The minimum Gasteiger partial charge on any atom is -0.478 e. The fourth-order valence-electron chi connectivity index (χ4n) is 1.72. The molecule has 2 aromatic rings. The second-order valence-electron chi connectivity index (χ2n) is 4.43. The number of aromatic carboxylic acids is 1. The van der Waals surface area contributed by atoms with Crippen molar-refractivity contribution in [3.05, 3.63) is 35.4 Å². The molecule has 3 rings (SSSR count). The van der Waals surface area contributed by atoms with Crippen molar-refractivity contribution < 1.29 is 9.90 Å². The van der Waals surface area contributed by atoms with Crippen molar-refractivity contribution in [1.29, 1.82) is 0 Å². The molecular weight excluding hydrogens is 264 g/mol. The Balaban J connectivity index is 1.65. The lowest BCUT2D eigenvalue weighted by Gasteiger charge is -2.03. The molecule has 0 amide bonds. The first-order valence-electron chi connectivity index (χ1n) is 5.97. The zero-order valence-corrected chi connectivity index (χ0v) is 10.9. The molecule has 1 saturated carbocycles. The van der Waals surface area contributed by atoms with Crippen molar-refractivity contribution in [2.45, 2.75) is 29.8 Å². The Morgan fingerprint density at radius 2 is 2.11 bits per heavy atom. The minimum absolute atomic E-state index is 0.302. The predicted octanol–water partition coefficient (Wildman–Crippen LogP) is 2.00. The number of carboxylic acids is 1. The maximum Gasteiger partial charge on any atom is 0.335 e.